The van der Waals surface area contributed by atoms with Crippen LogP contribution < -0.4 is 0 Å². The Morgan fingerprint density at radius 3 is 1.55 bits per heavy atom. The molecule has 4 rings (SSSR count). The van der Waals surface area contributed by atoms with E-state index in [0.29, 0.717) is 0 Å². The second-order valence-electron chi connectivity index (χ2n) is 6.27. The average Bonchev–Trinajstić information content (AvgIpc) is 2.72. The van der Waals surface area contributed by atoms with E-state index in [4.69, 9.17) is 8.37 Å². The summed E-state index contributed by atoms with van der Waals surface area (Å²) in [6, 6.07) is 29.4. The van der Waals surface area contributed by atoms with Gasteiger partial charge in [0.05, 0.1) is 0 Å². The van der Waals surface area contributed by atoms with E-state index in [9.17, 15) is 8.42 Å². The number of benzene rings is 3. The minimum atomic E-state index is -4.09. The van der Waals surface area contributed by atoms with Crippen molar-refractivity contribution in [3.63, 3.8) is 0 Å². The van der Waals surface area contributed by atoms with Gasteiger partial charge < -0.3 is 8.37 Å². The first kappa shape index (κ1) is 19.3. The van der Waals surface area contributed by atoms with Crippen molar-refractivity contribution >= 4 is 26.5 Å². The maximum Gasteiger partial charge on any atom is 0.431 e. The normalized spacial score (nSPS) is 16.2. The summed E-state index contributed by atoms with van der Waals surface area (Å²) in [4.78, 5) is 2.78. The lowest BCUT2D eigenvalue weighted by Gasteiger charge is -2.40. The highest BCUT2D eigenvalue weighted by atomic mass is 32.3. The van der Waals surface area contributed by atoms with E-state index in [0.717, 1.165) is 14.7 Å². The summed E-state index contributed by atoms with van der Waals surface area (Å²) in [7, 11) is -6.39. The number of rotatable bonds is 4. The molecule has 29 heavy (non-hydrogen) atoms. The first-order valence-corrected chi connectivity index (χ1v) is 11.8. The van der Waals surface area contributed by atoms with Crippen molar-refractivity contribution < 1.29 is 16.8 Å². The summed E-state index contributed by atoms with van der Waals surface area (Å²) in [5.74, 6) is 0.206. The van der Waals surface area contributed by atoms with E-state index < -0.39 is 20.6 Å². The minimum absolute atomic E-state index is 0.000286. The van der Waals surface area contributed by atoms with Gasteiger partial charge in [-0.2, -0.15) is 8.42 Å². The molecule has 0 unspecified atom stereocenters. The van der Waals surface area contributed by atoms with Crippen LogP contribution in [0.3, 0.4) is 0 Å². The molecule has 0 aliphatic carbocycles. The van der Waals surface area contributed by atoms with Crippen LogP contribution in [0.2, 0.25) is 0 Å². The largest absolute Gasteiger partial charge is 0.431 e. The fraction of sp³-hybridized carbons (Fsp3) is 0.0455. The SMILES string of the molecule is CC1=CC(OS(c2ccccc2)(c2ccccc2)c2ccccc2)=NS(=O)(=O)O1. The first-order chi connectivity index (χ1) is 14.0. The summed E-state index contributed by atoms with van der Waals surface area (Å²) >= 11 is 0. The van der Waals surface area contributed by atoms with E-state index in [1.165, 1.54) is 6.08 Å². The molecular formula is C22H19NO4S2. The average molecular weight is 426 g/mol. The maximum absolute atomic E-state index is 12.0. The Kier molecular flexibility index (Phi) is 5.17. The lowest BCUT2D eigenvalue weighted by Crippen LogP contribution is -2.18. The maximum atomic E-state index is 12.0. The highest BCUT2D eigenvalue weighted by Gasteiger charge is 2.36. The van der Waals surface area contributed by atoms with Gasteiger partial charge in [-0.05, 0) is 53.6 Å². The van der Waals surface area contributed by atoms with Crippen LogP contribution in [0.4, 0.5) is 0 Å². The molecule has 3 aromatic carbocycles. The smallest absolute Gasteiger partial charge is 0.415 e. The van der Waals surface area contributed by atoms with E-state index >= 15 is 0 Å². The lowest BCUT2D eigenvalue weighted by molar-refractivity contribution is 0.404. The zero-order valence-corrected chi connectivity index (χ0v) is 17.3. The summed E-state index contributed by atoms with van der Waals surface area (Å²) in [6.45, 7) is 1.56. The van der Waals surface area contributed by atoms with Crippen molar-refractivity contribution in [2.45, 2.75) is 21.6 Å². The van der Waals surface area contributed by atoms with Crippen LogP contribution in [0.15, 0.2) is 122 Å². The molecule has 0 atom stereocenters. The van der Waals surface area contributed by atoms with Crippen molar-refractivity contribution in [1.82, 2.24) is 0 Å². The first-order valence-electron chi connectivity index (χ1n) is 8.90. The third kappa shape index (κ3) is 3.92. The van der Waals surface area contributed by atoms with Gasteiger partial charge in [0.1, 0.15) is 5.76 Å². The van der Waals surface area contributed by atoms with Gasteiger partial charge >= 0.3 is 10.3 Å². The number of hydrogen-bond donors (Lipinski definition) is 0. The second kappa shape index (κ2) is 7.77. The quantitative estimate of drug-likeness (QED) is 0.555. The van der Waals surface area contributed by atoms with E-state index in [2.05, 4.69) is 4.40 Å². The predicted molar refractivity (Wildman–Crippen MR) is 114 cm³/mol. The molecule has 0 amide bonds. The zero-order chi connectivity index (χ0) is 20.3. The Balaban J connectivity index is 2.00. The fourth-order valence-electron chi connectivity index (χ4n) is 3.08. The van der Waals surface area contributed by atoms with Gasteiger partial charge in [0, 0.05) is 20.8 Å². The molecule has 0 bridgehead atoms. The second-order valence-corrected chi connectivity index (χ2v) is 10.2. The van der Waals surface area contributed by atoms with Gasteiger partial charge in [0.25, 0.3) is 0 Å². The van der Waals surface area contributed by atoms with Gasteiger partial charge in [-0.25, -0.2) is 0 Å². The van der Waals surface area contributed by atoms with Crippen molar-refractivity contribution in [3.05, 3.63) is 103 Å². The van der Waals surface area contributed by atoms with Crippen molar-refractivity contribution in [1.29, 1.82) is 0 Å². The Morgan fingerprint density at radius 1 is 0.759 bits per heavy atom. The molecule has 0 saturated carbocycles. The highest BCUT2D eigenvalue weighted by Crippen LogP contribution is 2.69. The Bertz CT molecular complexity index is 1060. The van der Waals surface area contributed by atoms with Crippen LogP contribution in [0.5, 0.6) is 0 Å². The van der Waals surface area contributed by atoms with Crippen LogP contribution >= 0.6 is 10.3 Å². The Labute approximate surface area is 172 Å². The molecule has 3 aromatic rings. The lowest BCUT2D eigenvalue weighted by atomic mass is 10.4. The van der Waals surface area contributed by atoms with Gasteiger partial charge in [-0.15, -0.1) is 0 Å². The molecule has 1 aliphatic heterocycles. The zero-order valence-electron chi connectivity index (χ0n) is 15.6. The predicted octanol–water partition coefficient (Wildman–Crippen LogP) is 5.48. The van der Waals surface area contributed by atoms with Crippen LogP contribution in [0.1, 0.15) is 6.92 Å². The van der Waals surface area contributed by atoms with Gasteiger partial charge in [0.15, 0.2) is 0 Å². The topological polar surface area (TPSA) is 65.0 Å². The number of nitrogens with zero attached hydrogens (tertiary/aromatic N) is 1. The van der Waals surface area contributed by atoms with Crippen molar-refractivity contribution in [2.75, 3.05) is 0 Å². The van der Waals surface area contributed by atoms with Crippen molar-refractivity contribution in [2.24, 2.45) is 4.40 Å². The molecule has 5 nitrogen and oxygen atoms in total. The third-order valence-electron chi connectivity index (χ3n) is 4.20. The van der Waals surface area contributed by atoms with Crippen LogP contribution in [-0.2, 0) is 18.7 Å². The van der Waals surface area contributed by atoms with Gasteiger partial charge in [-0.1, -0.05) is 59.0 Å². The molecule has 1 heterocycles. The van der Waals surface area contributed by atoms with Crippen LogP contribution in [-0.4, -0.2) is 14.3 Å². The summed E-state index contributed by atoms with van der Waals surface area (Å²) in [6.07, 6.45) is 1.50. The van der Waals surface area contributed by atoms with E-state index in [1.54, 1.807) is 6.92 Å². The molecule has 7 heteroatoms. The van der Waals surface area contributed by atoms with E-state index in [1.807, 2.05) is 91.0 Å². The molecule has 1 aliphatic rings. The van der Waals surface area contributed by atoms with Gasteiger partial charge in [0.2, 0.25) is 5.90 Å². The molecule has 0 saturated heterocycles. The monoisotopic (exact) mass is 425 g/mol. The standard InChI is InChI=1S/C22H19NO4S2/c1-18-17-22(23-29(24,25)26-18)27-28(19-11-5-2-6-12-19,20-13-7-3-8-14-20)21-15-9-4-10-16-21/h2-17H,1H3. The molecule has 0 fully saturated rings. The molecule has 148 valence electrons. The highest BCUT2D eigenvalue weighted by molar-refractivity contribution is 8.30. The number of hydrogen-bond acceptors (Lipinski definition) is 4. The minimum Gasteiger partial charge on any atom is -0.415 e. The Hall–Kier alpha value is -3.03. The molecule has 0 spiro atoms. The molecule has 0 radical (unpaired) electrons. The molecule has 0 aromatic heterocycles. The number of allylic oxidation sites excluding steroid dienone is 1. The summed E-state index contributed by atoms with van der Waals surface area (Å²) in [5, 5.41) is 0. The van der Waals surface area contributed by atoms with Crippen LogP contribution in [0, 0.1) is 0 Å². The van der Waals surface area contributed by atoms with E-state index in [-0.39, 0.29) is 11.7 Å². The van der Waals surface area contributed by atoms with Gasteiger partial charge in [-0.3, -0.25) is 0 Å². The Morgan fingerprint density at radius 2 is 1.17 bits per heavy atom. The molecule has 0 N–H and O–H groups in total. The third-order valence-corrected chi connectivity index (χ3v) is 8.31. The molecular weight excluding hydrogens is 406 g/mol. The fourth-order valence-corrected chi connectivity index (χ4v) is 6.92. The van der Waals surface area contributed by atoms with Crippen molar-refractivity contribution in [3.8, 4) is 0 Å². The summed E-state index contributed by atoms with van der Waals surface area (Å²) in [5.41, 5.74) is 0. The summed E-state index contributed by atoms with van der Waals surface area (Å²) < 4.78 is 39.2. The van der Waals surface area contributed by atoms with Crippen LogP contribution in [0.25, 0.3) is 0 Å².